The van der Waals surface area contributed by atoms with Crippen molar-refractivity contribution in [1.29, 1.82) is 5.41 Å². The zero-order chi connectivity index (χ0) is 14.5. The minimum absolute atomic E-state index is 0.342. The Hall–Kier alpha value is -2.16. The van der Waals surface area contributed by atoms with Crippen molar-refractivity contribution in [2.24, 2.45) is 0 Å². The Morgan fingerprint density at radius 1 is 1.30 bits per heavy atom. The molecule has 0 bridgehead atoms. The molecular formula is C17H21N3. The first kappa shape index (κ1) is 14.3. The van der Waals surface area contributed by atoms with Crippen LogP contribution in [-0.4, -0.2) is 16.7 Å². The van der Waals surface area contributed by atoms with E-state index in [0.717, 1.165) is 28.9 Å². The van der Waals surface area contributed by atoms with Crippen molar-refractivity contribution in [3.63, 3.8) is 0 Å². The molecule has 1 unspecified atom stereocenters. The maximum Gasteiger partial charge on any atom is 0.135 e. The van der Waals surface area contributed by atoms with E-state index in [0.29, 0.717) is 11.8 Å². The Bertz CT molecular complexity index is 605. The summed E-state index contributed by atoms with van der Waals surface area (Å²) in [4.78, 5) is 4.38. The number of pyridine rings is 1. The Balaban J connectivity index is 2.35. The number of rotatable bonds is 5. The molecule has 1 atom stereocenters. The van der Waals surface area contributed by atoms with Gasteiger partial charge in [-0.25, -0.2) is 4.98 Å². The third-order valence-corrected chi connectivity index (χ3v) is 3.38. The molecule has 0 spiro atoms. The molecular weight excluding hydrogens is 246 g/mol. The van der Waals surface area contributed by atoms with Crippen LogP contribution in [0.5, 0.6) is 0 Å². The molecule has 0 aliphatic carbocycles. The van der Waals surface area contributed by atoms with E-state index in [1.54, 1.807) is 6.20 Å². The van der Waals surface area contributed by atoms with Gasteiger partial charge in [0.25, 0.3) is 0 Å². The van der Waals surface area contributed by atoms with E-state index in [9.17, 15) is 0 Å². The number of benzene rings is 1. The maximum atomic E-state index is 8.43. The van der Waals surface area contributed by atoms with Gasteiger partial charge in [0, 0.05) is 23.4 Å². The Morgan fingerprint density at radius 3 is 2.80 bits per heavy atom. The summed E-state index contributed by atoms with van der Waals surface area (Å²) >= 11 is 0. The van der Waals surface area contributed by atoms with Gasteiger partial charge in [-0.05, 0) is 38.5 Å². The van der Waals surface area contributed by atoms with E-state index in [4.69, 9.17) is 5.41 Å². The largest absolute Gasteiger partial charge is 0.367 e. The lowest BCUT2D eigenvalue weighted by Crippen LogP contribution is -2.17. The minimum Gasteiger partial charge on any atom is -0.367 e. The summed E-state index contributed by atoms with van der Waals surface area (Å²) in [7, 11) is 0. The fraction of sp³-hybridized carbons (Fsp3) is 0.294. The SMILES string of the molecule is CCC(C)Nc1ncccc1C(=N)c1cccc(C)c1. The smallest absolute Gasteiger partial charge is 0.135 e. The molecule has 2 aromatic rings. The highest BCUT2D eigenvalue weighted by atomic mass is 15.0. The normalized spacial score (nSPS) is 11.9. The topological polar surface area (TPSA) is 48.8 Å². The first-order valence-electron chi connectivity index (χ1n) is 6.99. The monoisotopic (exact) mass is 267 g/mol. The lowest BCUT2D eigenvalue weighted by Gasteiger charge is -2.16. The predicted octanol–water partition coefficient (Wildman–Crippen LogP) is 4.02. The Kier molecular flexibility index (Phi) is 4.51. The highest BCUT2D eigenvalue weighted by Gasteiger charge is 2.12. The van der Waals surface area contributed by atoms with E-state index in [-0.39, 0.29) is 0 Å². The van der Waals surface area contributed by atoms with Crippen molar-refractivity contribution in [1.82, 2.24) is 4.98 Å². The number of aromatic nitrogens is 1. The molecule has 2 N–H and O–H groups in total. The molecule has 3 nitrogen and oxygen atoms in total. The van der Waals surface area contributed by atoms with Crippen LogP contribution in [0.4, 0.5) is 5.82 Å². The van der Waals surface area contributed by atoms with Crippen molar-refractivity contribution in [3.8, 4) is 0 Å². The van der Waals surface area contributed by atoms with Crippen LogP contribution in [0.15, 0.2) is 42.6 Å². The van der Waals surface area contributed by atoms with Crippen LogP contribution in [-0.2, 0) is 0 Å². The van der Waals surface area contributed by atoms with Crippen LogP contribution in [0.2, 0.25) is 0 Å². The van der Waals surface area contributed by atoms with E-state index >= 15 is 0 Å². The Morgan fingerprint density at radius 2 is 2.10 bits per heavy atom. The average Bonchev–Trinajstić information content (AvgIpc) is 2.47. The zero-order valence-electron chi connectivity index (χ0n) is 12.3. The zero-order valence-corrected chi connectivity index (χ0v) is 12.3. The van der Waals surface area contributed by atoms with Gasteiger partial charge in [-0.15, -0.1) is 0 Å². The quantitative estimate of drug-likeness (QED) is 0.804. The van der Waals surface area contributed by atoms with Gasteiger partial charge in [-0.1, -0.05) is 30.7 Å². The second kappa shape index (κ2) is 6.33. The Labute approximate surface area is 120 Å². The molecule has 0 saturated heterocycles. The van der Waals surface area contributed by atoms with Crippen molar-refractivity contribution < 1.29 is 0 Å². The van der Waals surface area contributed by atoms with Gasteiger partial charge in [-0.2, -0.15) is 0 Å². The first-order valence-corrected chi connectivity index (χ1v) is 6.99. The van der Waals surface area contributed by atoms with Gasteiger partial charge in [0.1, 0.15) is 5.82 Å². The summed E-state index contributed by atoms with van der Waals surface area (Å²) in [6.07, 6.45) is 2.78. The van der Waals surface area contributed by atoms with E-state index in [1.807, 2.05) is 43.3 Å². The second-order valence-electron chi connectivity index (χ2n) is 5.10. The fourth-order valence-electron chi connectivity index (χ4n) is 2.01. The van der Waals surface area contributed by atoms with E-state index < -0.39 is 0 Å². The summed E-state index contributed by atoms with van der Waals surface area (Å²) in [5.74, 6) is 0.786. The van der Waals surface area contributed by atoms with Crippen molar-refractivity contribution in [2.45, 2.75) is 33.2 Å². The molecule has 3 heteroatoms. The summed E-state index contributed by atoms with van der Waals surface area (Å²) < 4.78 is 0. The fourth-order valence-corrected chi connectivity index (χ4v) is 2.01. The summed E-state index contributed by atoms with van der Waals surface area (Å²) in [5, 5.41) is 11.8. The van der Waals surface area contributed by atoms with E-state index in [1.165, 1.54) is 0 Å². The van der Waals surface area contributed by atoms with Crippen molar-refractivity contribution >= 4 is 11.5 Å². The van der Waals surface area contributed by atoms with Gasteiger partial charge >= 0.3 is 0 Å². The molecule has 0 aliphatic heterocycles. The third-order valence-electron chi connectivity index (χ3n) is 3.38. The predicted molar refractivity (Wildman–Crippen MR) is 84.7 cm³/mol. The summed E-state index contributed by atoms with van der Waals surface area (Å²) in [6.45, 7) is 6.29. The molecule has 0 radical (unpaired) electrons. The van der Waals surface area contributed by atoms with Gasteiger partial charge < -0.3 is 5.32 Å². The highest BCUT2D eigenvalue weighted by molar-refractivity contribution is 6.13. The average molecular weight is 267 g/mol. The van der Waals surface area contributed by atoms with Gasteiger partial charge in [0.15, 0.2) is 0 Å². The molecule has 1 heterocycles. The van der Waals surface area contributed by atoms with Crippen LogP contribution in [0.1, 0.15) is 37.0 Å². The molecule has 0 fully saturated rings. The van der Waals surface area contributed by atoms with Crippen LogP contribution in [0.25, 0.3) is 0 Å². The standard InChI is InChI=1S/C17H21N3/c1-4-13(3)20-17-15(9-6-10-19-17)16(18)14-8-5-7-12(2)11-14/h5-11,13,18H,4H2,1-3H3,(H,19,20). The molecule has 0 amide bonds. The molecule has 2 rings (SSSR count). The van der Waals surface area contributed by atoms with Gasteiger partial charge in [0.05, 0.1) is 5.71 Å². The first-order chi connectivity index (χ1) is 9.61. The number of hydrogen-bond donors (Lipinski definition) is 2. The van der Waals surface area contributed by atoms with Crippen LogP contribution >= 0.6 is 0 Å². The molecule has 0 saturated carbocycles. The van der Waals surface area contributed by atoms with Crippen LogP contribution < -0.4 is 5.32 Å². The highest BCUT2D eigenvalue weighted by Crippen LogP contribution is 2.18. The number of anilines is 1. The third kappa shape index (κ3) is 3.23. The van der Waals surface area contributed by atoms with Crippen LogP contribution in [0, 0.1) is 12.3 Å². The van der Waals surface area contributed by atoms with Gasteiger partial charge in [0.2, 0.25) is 0 Å². The number of aryl methyl sites for hydroxylation is 1. The number of nitrogens with one attached hydrogen (secondary N) is 2. The lowest BCUT2D eigenvalue weighted by atomic mass is 10.0. The van der Waals surface area contributed by atoms with E-state index in [2.05, 4.69) is 24.1 Å². The van der Waals surface area contributed by atoms with Gasteiger partial charge in [-0.3, -0.25) is 5.41 Å². The van der Waals surface area contributed by atoms with Crippen molar-refractivity contribution in [3.05, 3.63) is 59.3 Å². The second-order valence-corrected chi connectivity index (χ2v) is 5.10. The lowest BCUT2D eigenvalue weighted by molar-refractivity contribution is 0.759. The van der Waals surface area contributed by atoms with Crippen LogP contribution in [0.3, 0.4) is 0 Å². The minimum atomic E-state index is 0.342. The molecule has 0 aliphatic rings. The summed E-state index contributed by atoms with van der Waals surface area (Å²) in [5.41, 5.74) is 3.43. The number of hydrogen-bond acceptors (Lipinski definition) is 3. The molecule has 1 aromatic heterocycles. The van der Waals surface area contributed by atoms with Crippen molar-refractivity contribution in [2.75, 3.05) is 5.32 Å². The maximum absolute atomic E-state index is 8.43. The molecule has 1 aromatic carbocycles. The molecule has 104 valence electrons. The molecule has 20 heavy (non-hydrogen) atoms. The number of nitrogens with zero attached hydrogens (tertiary/aromatic N) is 1. The summed E-state index contributed by atoms with van der Waals surface area (Å²) in [6, 6.07) is 12.2.